The molecule has 0 aliphatic heterocycles. The maximum absolute atomic E-state index is 11.8. The molecule has 0 atom stereocenters. The minimum atomic E-state index is -0.155. The van der Waals surface area contributed by atoms with Crippen molar-refractivity contribution >= 4 is 21.8 Å². The lowest BCUT2D eigenvalue weighted by Crippen LogP contribution is -2.22. The second-order valence-corrected chi connectivity index (χ2v) is 5.14. The lowest BCUT2D eigenvalue weighted by molar-refractivity contribution is 0.0821. The van der Waals surface area contributed by atoms with E-state index >= 15 is 0 Å². The van der Waals surface area contributed by atoms with Gasteiger partial charge in [-0.2, -0.15) is 0 Å². The van der Waals surface area contributed by atoms with Gasteiger partial charge in [0.05, 0.1) is 0 Å². The van der Waals surface area contributed by atoms with E-state index in [1.807, 2.05) is 18.2 Å². The molecule has 0 unspecified atom stereocenters. The molecule has 0 aliphatic carbocycles. The quantitative estimate of drug-likeness (QED) is 0.865. The number of nitrogens with zero attached hydrogens (tertiary/aromatic N) is 4. The highest BCUT2D eigenvalue weighted by molar-refractivity contribution is 9.10. The van der Waals surface area contributed by atoms with Crippen molar-refractivity contribution in [2.24, 2.45) is 0 Å². The second kappa shape index (κ2) is 5.97. The van der Waals surface area contributed by atoms with Crippen LogP contribution in [0.2, 0.25) is 0 Å². The Morgan fingerprint density at radius 3 is 2.63 bits per heavy atom. The van der Waals surface area contributed by atoms with Crippen molar-refractivity contribution < 1.29 is 4.79 Å². The topological polar surface area (TPSA) is 51.0 Å². The molecular weight excluding hydrogens is 308 g/mol. The van der Waals surface area contributed by atoms with Crippen LogP contribution in [-0.4, -0.2) is 39.9 Å². The van der Waals surface area contributed by atoms with Crippen LogP contribution >= 0.6 is 15.9 Å². The lowest BCUT2D eigenvalue weighted by atomic mass is 10.1. The van der Waals surface area contributed by atoms with Crippen LogP contribution in [0.5, 0.6) is 0 Å². The first-order chi connectivity index (χ1) is 9.09. The van der Waals surface area contributed by atoms with E-state index < -0.39 is 0 Å². The maximum Gasteiger partial charge on any atom is 0.276 e. The number of hydrogen-bond acceptors (Lipinski definition) is 3. The van der Waals surface area contributed by atoms with E-state index in [0.717, 1.165) is 6.42 Å². The minimum absolute atomic E-state index is 0.155. The van der Waals surface area contributed by atoms with Crippen LogP contribution in [0.1, 0.15) is 16.1 Å². The van der Waals surface area contributed by atoms with Crippen LogP contribution in [0.15, 0.2) is 34.9 Å². The highest BCUT2D eigenvalue weighted by Gasteiger charge is 2.18. The predicted molar refractivity (Wildman–Crippen MR) is 75.9 cm³/mol. The molecule has 1 aromatic heterocycles. The van der Waals surface area contributed by atoms with E-state index in [1.54, 1.807) is 18.8 Å². The van der Waals surface area contributed by atoms with Gasteiger partial charge in [0.25, 0.3) is 5.91 Å². The zero-order valence-electron chi connectivity index (χ0n) is 10.9. The Balaban J connectivity index is 2.08. The number of hydrogen-bond donors (Lipinski definition) is 0. The molecule has 1 amide bonds. The summed E-state index contributed by atoms with van der Waals surface area (Å²) >= 11 is 3.38. The van der Waals surface area contributed by atoms with Crippen LogP contribution in [-0.2, 0) is 13.0 Å². The average molecular weight is 323 g/mol. The largest absolute Gasteiger partial charge is 0.343 e. The van der Waals surface area contributed by atoms with Gasteiger partial charge in [0.1, 0.15) is 4.60 Å². The van der Waals surface area contributed by atoms with E-state index in [-0.39, 0.29) is 5.91 Å². The molecule has 2 aromatic rings. The SMILES string of the molecule is CN(C)C(=O)c1nnn(CCc2ccccc2)c1Br. The van der Waals surface area contributed by atoms with Gasteiger partial charge in [0.2, 0.25) is 0 Å². The van der Waals surface area contributed by atoms with Crippen molar-refractivity contribution in [3.05, 3.63) is 46.2 Å². The molecule has 0 saturated heterocycles. The molecule has 0 fully saturated rings. The van der Waals surface area contributed by atoms with Crippen molar-refractivity contribution in [2.75, 3.05) is 14.1 Å². The molecule has 5 nitrogen and oxygen atoms in total. The Hall–Kier alpha value is -1.69. The Kier molecular flexibility index (Phi) is 4.31. The van der Waals surface area contributed by atoms with Crippen LogP contribution in [0.3, 0.4) is 0 Å². The van der Waals surface area contributed by atoms with Gasteiger partial charge >= 0.3 is 0 Å². The first-order valence-corrected chi connectivity index (χ1v) is 6.73. The van der Waals surface area contributed by atoms with E-state index in [9.17, 15) is 4.79 Å². The molecule has 0 radical (unpaired) electrons. The van der Waals surface area contributed by atoms with Gasteiger partial charge < -0.3 is 4.90 Å². The summed E-state index contributed by atoms with van der Waals surface area (Å²) in [5.74, 6) is -0.155. The summed E-state index contributed by atoms with van der Waals surface area (Å²) in [6, 6.07) is 10.1. The van der Waals surface area contributed by atoms with E-state index in [0.29, 0.717) is 16.8 Å². The van der Waals surface area contributed by atoms with Gasteiger partial charge in [-0.25, -0.2) is 4.68 Å². The molecule has 19 heavy (non-hydrogen) atoms. The first kappa shape index (κ1) is 13.7. The molecule has 2 rings (SSSR count). The van der Waals surface area contributed by atoms with Crippen molar-refractivity contribution in [3.8, 4) is 0 Å². The number of amides is 1. The van der Waals surface area contributed by atoms with Crippen LogP contribution < -0.4 is 0 Å². The molecule has 100 valence electrons. The van der Waals surface area contributed by atoms with Crippen molar-refractivity contribution in [1.29, 1.82) is 0 Å². The van der Waals surface area contributed by atoms with Gasteiger partial charge in [-0.15, -0.1) is 5.10 Å². The van der Waals surface area contributed by atoms with Crippen molar-refractivity contribution in [1.82, 2.24) is 19.9 Å². The fraction of sp³-hybridized carbons (Fsp3) is 0.308. The number of carbonyl (C=O) groups is 1. The van der Waals surface area contributed by atoms with Gasteiger partial charge in [-0.05, 0) is 27.9 Å². The minimum Gasteiger partial charge on any atom is -0.343 e. The summed E-state index contributed by atoms with van der Waals surface area (Å²) in [7, 11) is 3.38. The van der Waals surface area contributed by atoms with Gasteiger partial charge in [-0.1, -0.05) is 35.5 Å². The highest BCUT2D eigenvalue weighted by Crippen LogP contribution is 2.15. The summed E-state index contributed by atoms with van der Waals surface area (Å²) in [6.07, 6.45) is 0.846. The summed E-state index contributed by atoms with van der Waals surface area (Å²) in [5.41, 5.74) is 1.57. The number of rotatable bonds is 4. The van der Waals surface area contributed by atoms with Gasteiger partial charge in [0.15, 0.2) is 5.69 Å². The smallest absolute Gasteiger partial charge is 0.276 e. The number of halogens is 1. The van der Waals surface area contributed by atoms with Crippen molar-refractivity contribution in [3.63, 3.8) is 0 Å². The third kappa shape index (κ3) is 3.20. The molecule has 6 heteroatoms. The Morgan fingerprint density at radius 1 is 1.32 bits per heavy atom. The molecular formula is C13H15BrN4O. The number of benzene rings is 1. The van der Waals surface area contributed by atoms with Crippen LogP contribution in [0.4, 0.5) is 0 Å². The van der Waals surface area contributed by atoms with Crippen LogP contribution in [0.25, 0.3) is 0 Å². The molecule has 0 bridgehead atoms. The fourth-order valence-corrected chi connectivity index (χ4v) is 2.16. The average Bonchev–Trinajstić information content (AvgIpc) is 2.78. The summed E-state index contributed by atoms with van der Waals surface area (Å²) in [6.45, 7) is 0.679. The Labute approximate surface area is 120 Å². The number of aromatic nitrogens is 3. The summed E-state index contributed by atoms with van der Waals surface area (Å²) < 4.78 is 2.33. The molecule has 0 spiro atoms. The van der Waals surface area contributed by atoms with Crippen molar-refractivity contribution in [2.45, 2.75) is 13.0 Å². The summed E-state index contributed by atoms with van der Waals surface area (Å²) in [4.78, 5) is 13.3. The molecule has 0 N–H and O–H groups in total. The monoisotopic (exact) mass is 322 g/mol. The first-order valence-electron chi connectivity index (χ1n) is 5.94. The number of aryl methyl sites for hydroxylation is 2. The fourth-order valence-electron chi connectivity index (χ4n) is 1.67. The maximum atomic E-state index is 11.8. The normalized spacial score (nSPS) is 10.5. The number of carbonyl (C=O) groups excluding carboxylic acids is 1. The Morgan fingerprint density at radius 2 is 2.00 bits per heavy atom. The van der Waals surface area contributed by atoms with E-state index in [1.165, 1.54) is 10.5 Å². The molecule has 0 aliphatic rings. The third-order valence-corrected chi connectivity index (χ3v) is 3.52. The second-order valence-electron chi connectivity index (χ2n) is 4.39. The third-order valence-electron chi connectivity index (χ3n) is 2.74. The lowest BCUT2D eigenvalue weighted by Gasteiger charge is -2.07. The Bertz CT molecular complexity index is 565. The van der Waals surface area contributed by atoms with Gasteiger partial charge in [-0.3, -0.25) is 4.79 Å². The van der Waals surface area contributed by atoms with E-state index in [2.05, 4.69) is 38.4 Å². The molecule has 1 heterocycles. The zero-order valence-corrected chi connectivity index (χ0v) is 12.5. The molecule has 0 saturated carbocycles. The highest BCUT2D eigenvalue weighted by atomic mass is 79.9. The van der Waals surface area contributed by atoms with Crippen LogP contribution in [0, 0.1) is 0 Å². The van der Waals surface area contributed by atoms with E-state index in [4.69, 9.17) is 0 Å². The van der Waals surface area contributed by atoms with Gasteiger partial charge in [0, 0.05) is 20.6 Å². The predicted octanol–water partition coefficient (Wildman–Crippen LogP) is 1.99. The molecule has 1 aromatic carbocycles. The zero-order chi connectivity index (χ0) is 13.8. The summed E-state index contributed by atoms with van der Waals surface area (Å²) in [5, 5.41) is 7.93. The standard InChI is InChI=1S/C13H15BrN4O/c1-17(2)13(19)11-12(14)18(16-15-11)9-8-10-6-4-3-5-7-10/h3-7H,8-9H2,1-2H3.